The minimum absolute atomic E-state index is 0.00632. The molecule has 0 amide bonds. The lowest BCUT2D eigenvalue weighted by molar-refractivity contribution is -0.270. The van der Waals surface area contributed by atoms with E-state index >= 15 is 0 Å². The van der Waals surface area contributed by atoms with Crippen molar-refractivity contribution in [2.45, 2.75) is 57.1 Å². The molecular formula is C10H22N4. The largest absolute Gasteiger partial charge is 0.300 e. The highest BCUT2D eigenvalue weighted by Crippen LogP contribution is 2.47. The molecular weight excluding hydrogens is 176 g/mol. The highest BCUT2D eigenvalue weighted by Gasteiger charge is 2.71. The standard InChI is InChI=1S/C10H22N4/c1-7(2)9(5)13-10(11,14(9)6)8(3,4)12-7/h12-13H,11H2,1-6H3. The Morgan fingerprint density at radius 1 is 0.929 bits per heavy atom. The minimum Gasteiger partial charge on any atom is -0.300 e. The molecule has 3 saturated heterocycles. The summed E-state index contributed by atoms with van der Waals surface area (Å²) >= 11 is 0. The van der Waals surface area contributed by atoms with Crippen molar-refractivity contribution in [2.24, 2.45) is 5.73 Å². The lowest BCUT2D eigenvalue weighted by Crippen LogP contribution is -3.04. The number of fused-ring (bicyclic) bond motifs is 2. The number of nitrogens with one attached hydrogen (secondary N) is 2. The second-order valence-electron chi connectivity index (χ2n) is 5.90. The predicted molar refractivity (Wildman–Crippen MR) is 57.5 cm³/mol. The molecule has 2 bridgehead atoms. The topological polar surface area (TPSA) is 53.3 Å². The van der Waals surface area contributed by atoms with E-state index in [0.29, 0.717) is 0 Å². The molecule has 0 saturated carbocycles. The van der Waals surface area contributed by atoms with E-state index in [1.165, 1.54) is 0 Å². The van der Waals surface area contributed by atoms with Gasteiger partial charge < -0.3 is 0 Å². The lowest BCUT2D eigenvalue weighted by Gasteiger charge is -2.77. The maximum atomic E-state index is 6.32. The fourth-order valence-corrected chi connectivity index (χ4v) is 2.99. The van der Waals surface area contributed by atoms with Gasteiger partial charge in [0.1, 0.15) is 5.79 Å². The third-order valence-electron chi connectivity index (χ3n) is 4.43. The molecule has 3 rings (SSSR count). The fourth-order valence-electron chi connectivity index (χ4n) is 2.99. The van der Waals surface area contributed by atoms with Crippen LogP contribution < -0.4 is 16.4 Å². The van der Waals surface area contributed by atoms with Crippen molar-refractivity contribution in [2.75, 3.05) is 7.05 Å². The molecule has 0 radical (unpaired) electrons. The van der Waals surface area contributed by atoms with E-state index in [2.05, 4.69) is 57.2 Å². The first kappa shape index (κ1) is 10.4. The quantitative estimate of drug-likeness (QED) is 0.513. The Hall–Kier alpha value is -0.160. The van der Waals surface area contributed by atoms with Crippen molar-refractivity contribution in [3.8, 4) is 0 Å². The van der Waals surface area contributed by atoms with Crippen LogP contribution in [0.3, 0.4) is 0 Å². The van der Waals surface area contributed by atoms with Gasteiger partial charge in [0.2, 0.25) is 0 Å². The van der Waals surface area contributed by atoms with E-state index in [9.17, 15) is 0 Å². The van der Waals surface area contributed by atoms with Gasteiger partial charge in [-0.2, -0.15) is 0 Å². The molecule has 3 fully saturated rings. The molecule has 0 aromatic rings. The Bertz CT molecular complexity index is 260. The van der Waals surface area contributed by atoms with Crippen LogP contribution in [-0.2, 0) is 0 Å². The van der Waals surface area contributed by atoms with Crippen LogP contribution in [0, 0.1) is 0 Å². The zero-order valence-corrected chi connectivity index (χ0v) is 10.0. The van der Waals surface area contributed by atoms with Crippen LogP contribution in [0.5, 0.6) is 0 Å². The molecule has 14 heavy (non-hydrogen) atoms. The van der Waals surface area contributed by atoms with Gasteiger partial charge in [-0.1, -0.05) is 0 Å². The average molecular weight is 198 g/mol. The molecule has 4 N–H and O–H groups in total. The summed E-state index contributed by atoms with van der Waals surface area (Å²) in [5.41, 5.74) is 6.14. The van der Waals surface area contributed by atoms with Crippen molar-refractivity contribution >= 4 is 0 Å². The van der Waals surface area contributed by atoms with E-state index in [4.69, 9.17) is 5.73 Å². The maximum Gasteiger partial charge on any atom is 0.144 e. The first-order valence-electron chi connectivity index (χ1n) is 5.18. The second kappa shape index (κ2) is 2.16. The Balaban J connectivity index is 2.45. The molecule has 2 unspecified atom stereocenters. The molecule has 82 valence electrons. The van der Waals surface area contributed by atoms with Crippen LogP contribution in [-0.4, -0.2) is 34.5 Å². The molecule has 4 heteroatoms. The van der Waals surface area contributed by atoms with Crippen molar-refractivity contribution in [3.63, 3.8) is 0 Å². The molecule has 3 heterocycles. The summed E-state index contributed by atoms with van der Waals surface area (Å²) in [5.74, 6) is -0.433. The van der Waals surface area contributed by atoms with Crippen molar-refractivity contribution in [1.82, 2.24) is 15.5 Å². The molecule has 0 spiro atoms. The van der Waals surface area contributed by atoms with Gasteiger partial charge in [0.05, 0.1) is 11.2 Å². The van der Waals surface area contributed by atoms with Crippen LogP contribution in [0.15, 0.2) is 0 Å². The summed E-state index contributed by atoms with van der Waals surface area (Å²) in [7, 11) is 2.08. The highest BCUT2D eigenvalue weighted by atomic mass is 15.7. The van der Waals surface area contributed by atoms with Crippen LogP contribution in [0.1, 0.15) is 34.6 Å². The summed E-state index contributed by atoms with van der Waals surface area (Å²) in [5, 5.41) is 7.12. The number of likely N-dealkylation sites (N-methyl/N-ethyl adjacent to an activating group) is 1. The number of rotatable bonds is 0. The number of nitrogens with zero attached hydrogens (tertiary/aromatic N) is 1. The first-order valence-corrected chi connectivity index (χ1v) is 5.18. The SMILES string of the molecule is CN1C2(C)NC1(N)C(C)(C)NC2(C)C. The molecule has 3 aliphatic rings. The van der Waals surface area contributed by atoms with Gasteiger partial charge >= 0.3 is 0 Å². The Morgan fingerprint density at radius 3 is 1.86 bits per heavy atom. The molecule has 2 atom stereocenters. The summed E-state index contributed by atoms with van der Waals surface area (Å²) < 4.78 is 0. The maximum absolute atomic E-state index is 6.32. The van der Waals surface area contributed by atoms with Gasteiger partial charge in [0.25, 0.3) is 0 Å². The molecule has 4 nitrogen and oxygen atoms in total. The van der Waals surface area contributed by atoms with Gasteiger partial charge in [0, 0.05) is 5.54 Å². The van der Waals surface area contributed by atoms with E-state index in [0.717, 1.165) is 0 Å². The van der Waals surface area contributed by atoms with Gasteiger partial charge in [-0.3, -0.25) is 21.3 Å². The third kappa shape index (κ3) is 0.795. The zero-order valence-electron chi connectivity index (χ0n) is 10.0. The number of hydrogen-bond donors (Lipinski definition) is 3. The minimum atomic E-state index is -0.433. The summed E-state index contributed by atoms with van der Waals surface area (Å²) in [6, 6.07) is 0. The Labute approximate surface area is 86.2 Å². The van der Waals surface area contributed by atoms with Gasteiger partial charge in [-0.15, -0.1) is 0 Å². The lowest BCUT2D eigenvalue weighted by atomic mass is 9.69. The van der Waals surface area contributed by atoms with Crippen LogP contribution in [0.25, 0.3) is 0 Å². The number of hydrogen-bond acceptors (Lipinski definition) is 4. The van der Waals surface area contributed by atoms with Gasteiger partial charge in [-0.05, 0) is 41.7 Å². The van der Waals surface area contributed by atoms with Crippen LogP contribution in [0.4, 0.5) is 0 Å². The van der Waals surface area contributed by atoms with Gasteiger partial charge in [0.15, 0.2) is 0 Å². The van der Waals surface area contributed by atoms with Gasteiger partial charge in [-0.25, -0.2) is 0 Å². The summed E-state index contributed by atoms with van der Waals surface area (Å²) in [6.45, 7) is 10.9. The Kier molecular flexibility index (Phi) is 1.60. The van der Waals surface area contributed by atoms with Crippen LogP contribution >= 0.6 is 0 Å². The normalized spacial score (nSPS) is 49.9. The summed E-state index contributed by atoms with van der Waals surface area (Å²) in [6.07, 6.45) is 0. The van der Waals surface area contributed by atoms with Crippen LogP contribution in [0.2, 0.25) is 0 Å². The Morgan fingerprint density at radius 2 is 1.43 bits per heavy atom. The monoisotopic (exact) mass is 198 g/mol. The van der Waals surface area contributed by atoms with E-state index in [1.54, 1.807) is 0 Å². The molecule has 3 aliphatic heterocycles. The predicted octanol–water partition coefficient (Wildman–Crippen LogP) is 0.0105. The number of nitrogens with two attached hydrogens (primary N) is 1. The second-order valence-corrected chi connectivity index (χ2v) is 5.90. The molecule has 0 aromatic heterocycles. The highest BCUT2D eigenvalue weighted by molar-refractivity contribution is 5.27. The van der Waals surface area contributed by atoms with Crippen molar-refractivity contribution < 1.29 is 0 Å². The van der Waals surface area contributed by atoms with Crippen molar-refractivity contribution in [3.05, 3.63) is 0 Å². The van der Waals surface area contributed by atoms with E-state index in [-0.39, 0.29) is 16.7 Å². The van der Waals surface area contributed by atoms with E-state index in [1.807, 2.05) is 0 Å². The van der Waals surface area contributed by atoms with E-state index < -0.39 is 5.79 Å². The smallest absolute Gasteiger partial charge is 0.144 e. The van der Waals surface area contributed by atoms with Crippen molar-refractivity contribution in [1.29, 1.82) is 0 Å². The number of piperazine rings is 2. The third-order valence-corrected chi connectivity index (χ3v) is 4.43. The zero-order chi connectivity index (χ0) is 11.0. The fraction of sp³-hybridized carbons (Fsp3) is 1.00. The molecule has 0 aromatic carbocycles. The first-order chi connectivity index (χ1) is 6.07. The molecule has 0 aliphatic carbocycles. The average Bonchev–Trinajstić information content (AvgIpc) is 1.98. The summed E-state index contributed by atoms with van der Waals surface area (Å²) in [4.78, 5) is 2.23.